The van der Waals surface area contributed by atoms with Crippen LogP contribution in [0.4, 0.5) is 29.3 Å². The lowest BCUT2D eigenvalue weighted by molar-refractivity contribution is -0.153. The van der Waals surface area contributed by atoms with Crippen molar-refractivity contribution in [3.05, 3.63) is 34.2 Å². The maximum Gasteiger partial charge on any atom is 0.408 e. The zero-order valence-electron chi connectivity index (χ0n) is 15.5. The van der Waals surface area contributed by atoms with Crippen LogP contribution < -0.4 is 15.4 Å². The van der Waals surface area contributed by atoms with Crippen LogP contribution in [-0.4, -0.2) is 52.7 Å². The number of halogens is 4. The van der Waals surface area contributed by atoms with Gasteiger partial charge in [-0.1, -0.05) is 5.16 Å². The molecule has 2 aromatic heterocycles. The minimum absolute atomic E-state index is 0.174. The summed E-state index contributed by atoms with van der Waals surface area (Å²) < 4.78 is 67.2. The molecule has 8 nitrogen and oxygen atoms in total. The van der Waals surface area contributed by atoms with Gasteiger partial charge < -0.3 is 19.1 Å². The first-order valence-electron chi connectivity index (χ1n) is 9.15. The second kappa shape index (κ2) is 7.32. The zero-order chi connectivity index (χ0) is 20.8. The fraction of sp³-hybridized carbons (Fsp3) is 0.588. The Hall–Kier alpha value is -2.63. The molecule has 4 rings (SSSR count). The second-order valence-corrected chi connectivity index (χ2v) is 7.08. The van der Waals surface area contributed by atoms with Crippen LogP contribution in [0.2, 0.25) is 0 Å². The molecule has 0 aromatic carbocycles. The molecule has 2 atom stereocenters. The zero-order valence-corrected chi connectivity index (χ0v) is 15.5. The predicted octanol–water partition coefficient (Wildman–Crippen LogP) is 1.94. The van der Waals surface area contributed by atoms with Gasteiger partial charge in [0.05, 0.1) is 32.0 Å². The van der Waals surface area contributed by atoms with Crippen LogP contribution in [0.15, 0.2) is 21.6 Å². The summed E-state index contributed by atoms with van der Waals surface area (Å²) in [7, 11) is 0. The van der Waals surface area contributed by atoms with Gasteiger partial charge in [-0.25, -0.2) is 0 Å². The molecule has 29 heavy (non-hydrogen) atoms. The molecule has 158 valence electrons. The molecule has 0 bridgehead atoms. The largest absolute Gasteiger partial charge is 0.408 e. The Kier molecular flexibility index (Phi) is 4.97. The van der Waals surface area contributed by atoms with E-state index >= 15 is 0 Å². The monoisotopic (exact) mass is 417 g/mol. The van der Waals surface area contributed by atoms with Crippen LogP contribution in [-0.2, 0) is 17.8 Å². The highest BCUT2D eigenvalue weighted by Crippen LogP contribution is 2.36. The van der Waals surface area contributed by atoms with Crippen LogP contribution in [0, 0.1) is 5.82 Å². The molecular formula is C17H19F4N5O3. The molecular weight excluding hydrogens is 398 g/mol. The van der Waals surface area contributed by atoms with Crippen molar-refractivity contribution in [1.82, 2.24) is 14.7 Å². The number of aromatic nitrogens is 3. The summed E-state index contributed by atoms with van der Waals surface area (Å²) in [4.78, 5) is 19.3. The van der Waals surface area contributed by atoms with Crippen molar-refractivity contribution in [2.24, 2.45) is 0 Å². The number of hydrogen-bond acceptors (Lipinski definition) is 7. The lowest BCUT2D eigenvalue weighted by Crippen LogP contribution is -2.53. The molecule has 4 heterocycles. The van der Waals surface area contributed by atoms with Crippen molar-refractivity contribution in [2.45, 2.75) is 44.7 Å². The van der Waals surface area contributed by atoms with Crippen molar-refractivity contribution in [2.75, 3.05) is 29.6 Å². The Morgan fingerprint density at radius 3 is 2.76 bits per heavy atom. The minimum Gasteiger partial charge on any atom is -0.377 e. The highest BCUT2D eigenvalue weighted by molar-refractivity contribution is 5.48. The summed E-state index contributed by atoms with van der Waals surface area (Å²) in [6, 6.07) is -0.739. The third-order valence-corrected chi connectivity index (χ3v) is 5.17. The number of nitrogens with zero attached hydrogens (tertiary/aromatic N) is 5. The standard InChI is InChI=1S/C17H19F4N5O3/c1-10-9-28-7-6-24(10)14-13(18)15(27)25-5-3-12(17(19,20)21)26(16(25)23-14)8-11-2-4-22-29-11/h2,4,10,12H,3,5-9H2,1H3/t10-,12+/m1/s1. The van der Waals surface area contributed by atoms with Gasteiger partial charge >= 0.3 is 6.18 Å². The topological polar surface area (TPSA) is 76.6 Å². The van der Waals surface area contributed by atoms with Gasteiger partial charge in [-0.3, -0.25) is 9.36 Å². The summed E-state index contributed by atoms with van der Waals surface area (Å²) in [6.45, 7) is 2.05. The van der Waals surface area contributed by atoms with E-state index in [0.717, 1.165) is 9.47 Å². The van der Waals surface area contributed by atoms with E-state index in [2.05, 4.69) is 10.1 Å². The van der Waals surface area contributed by atoms with Gasteiger partial charge in [-0.05, 0) is 13.3 Å². The number of alkyl halides is 3. The quantitative estimate of drug-likeness (QED) is 0.707. The van der Waals surface area contributed by atoms with E-state index in [1.54, 1.807) is 11.8 Å². The molecule has 0 radical (unpaired) electrons. The molecule has 2 aromatic rings. The van der Waals surface area contributed by atoms with Gasteiger partial charge in [0, 0.05) is 19.2 Å². The molecule has 1 saturated heterocycles. The number of fused-ring (bicyclic) bond motifs is 1. The van der Waals surface area contributed by atoms with E-state index in [-0.39, 0.29) is 43.2 Å². The van der Waals surface area contributed by atoms with Crippen molar-refractivity contribution in [3.63, 3.8) is 0 Å². The third kappa shape index (κ3) is 3.56. The Bertz CT molecular complexity index is 930. The van der Waals surface area contributed by atoms with Crippen LogP contribution in [0.25, 0.3) is 0 Å². The predicted molar refractivity (Wildman–Crippen MR) is 93.2 cm³/mol. The third-order valence-electron chi connectivity index (χ3n) is 5.17. The summed E-state index contributed by atoms with van der Waals surface area (Å²) in [6.07, 6.45) is -3.66. The summed E-state index contributed by atoms with van der Waals surface area (Å²) in [5, 5.41) is 3.51. The minimum atomic E-state index is -4.57. The average molecular weight is 417 g/mol. The van der Waals surface area contributed by atoms with Crippen molar-refractivity contribution >= 4 is 11.8 Å². The van der Waals surface area contributed by atoms with Crippen molar-refractivity contribution < 1.29 is 26.8 Å². The SMILES string of the molecule is C[C@@H]1COCCN1c1nc2n(c(=O)c1F)CC[C@@H](C(F)(F)F)N2Cc1ccno1. The molecule has 0 aliphatic carbocycles. The van der Waals surface area contributed by atoms with Crippen LogP contribution in [0.1, 0.15) is 19.1 Å². The van der Waals surface area contributed by atoms with Gasteiger partial charge in [-0.2, -0.15) is 22.5 Å². The molecule has 2 aliphatic heterocycles. The first-order valence-corrected chi connectivity index (χ1v) is 9.15. The van der Waals surface area contributed by atoms with Crippen LogP contribution in [0.3, 0.4) is 0 Å². The smallest absolute Gasteiger partial charge is 0.377 e. The number of morpholine rings is 1. The van der Waals surface area contributed by atoms with E-state index in [4.69, 9.17) is 9.26 Å². The van der Waals surface area contributed by atoms with E-state index in [9.17, 15) is 22.4 Å². The maximum absolute atomic E-state index is 14.8. The van der Waals surface area contributed by atoms with E-state index in [1.165, 1.54) is 12.3 Å². The lowest BCUT2D eigenvalue weighted by atomic mass is 10.1. The molecule has 2 aliphatic rings. The van der Waals surface area contributed by atoms with Gasteiger partial charge in [0.1, 0.15) is 6.04 Å². The fourth-order valence-corrected chi connectivity index (χ4v) is 3.72. The molecule has 0 unspecified atom stereocenters. The number of ether oxygens (including phenoxy) is 1. The van der Waals surface area contributed by atoms with Gasteiger partial charge in [0.15, 0.2) is 11.6 Å². The average Bonchev–Trinajstić information content (AvgIpc) is 3.18. The Labute approximate surface area is 162 Å². The summed E-state index contributed by atoms with van der Waals surface area (Å²) >= 11 is 0. The Balaban J connectivity index is 1.83. The summed E-state index contributed by atoms with van der Waals surface area (Å²) in [5.74, 6) is -1.40. The lowest BCUT2D eigenvalue weighted by Gasteiger charge is -2.40. The van der Waals surface area contributed by atoms with E-state index in [1.807, 2.05) is 0 Å². The fourth-order valence-electron chi connectivity index (χ4n) is 3.72. The van der Waals surface area contributed by atoms with Crippen molar-refractivity contribution in [1.29, 1.82) is 0 Å². The van der Waals surface area contributed by atoms with E-state index in [0.29, 0.717) is 13.2 Å². The summed E-state index contributed by atoms with van der Waals surface area (Å²) in [5.41, 5.74) is -0.994. The molecule has 1 fully saturated rings. The number of anilines is 2. The highest BCUT2D eigenvalue weighted by atomic mass is 19.4. The Morgan fingerprint density at radius 1 is 1.31 bits per heavy atom. The van der Waals surface area contributed by atoms with Crippen molar-refractivity contribution in [3.8, 4) is 0 Å². The first-order chi connectivity index (χ1) is 13.8. The highest BCUT2D eigenvalue weighted by Gasteiger charge is 2.47. The van der Waals surface area contributed by atoms with Gasteiger partial charge in [0.25, 0.3) is 5.56 Å². The molecule has 0 amide bonds. The molecule has 0 spiro atoms. The Morgan fingerprint density at radius 2 is 2.10 bits per heavy atom. The molecule has 12 heteroatoms. The van der Waals surface area contributed by atoms with Gasteiger partial charge in [0.2, 0.25) is 11.8 Å². The van der Waals surface area contributed by atoms with Crippen LogP contribution >= 0.6 is 0 Å². The molecule has 0 N–H and O–H groups in total. The van der Waals surface area contributed by atoms with Crippen LogP contribution in [0.5, 0.6) is 0 Å². The molecule has 0 saturated carbocycles. The second-order valence-electron chi connectivity index (χ2n) is 7.08. The first kappa shape index (κ1) is 19.7. The van der Waals surface area contributed by atoms with E-state index < -0.39 is 30.0 Å². The number of rotatable bonds is 3. The maximum atomic E-state index is 14.8. The van der Waals surface area contributed by atoms with Gasteiger partial charge in [-0.15, -0.1) is 0 Å². The number of hydrogen-bond donors (Lipinski definition) is 0. The normalized spacial score (nSPS) is 22.7.